The van der Waals surface area contributed by atoms with Crippen molar-refractivity contribution in [2.75, 3.05) is 20.6 Å². The monoisotopic (exact) mass is 299 g/mol. The van der Waals surface area contributed by atoms with Gasteiger partial charge < -0.3 is 10.2 Å². The number of halogens is 1. The van der Waals surface area contributed by atoms with Gasteiger partial charge in [0.1, 0.15) is 5.02 Å². The Balaban J connectivity index is 2.73. The normalized spacial score (nSPS) is 12.2. The molecule has 0 aliphatic rings. The van der Waals surface area contributed by atoms with Crippen LogP contribution in [0.15, 0.2) is 18.2 Å². The number of hydrogen-bond acceptors (Lipinski definition) is 4. The van der Waals surface area contributed by atoms with E-state index in [0.29, 0.717) is 0 Å². The summed E-state index contributed by atoms with van der Waals surface area (Å²) in [5.41, 5.74) is -0.0296. The van der Waals surface area contributed by atoms with E-state index in [1.165, 1.54) is 18.2 Å². The molecule has 0 saturated heterocycles. The second kappa shape index (κ2) is 7.21. The number of nitrogens with zero attached hydrogens (tertiary/aromatic N) is 2. The molecule has 0 aliphatic heterocycles. The lowest BCUT2D eigenvalue weighted by Gasteiger charge is -2.16. The van der Waals surface area contributed by atoms with E-state index in [0.717, 1.165) is 13.0 Å². The van der Waals surface area contributed by atoms with Gasteiger partial charge in [-0.05, 0) is 46.1 Å². The van der Waals surface area contributed by atoms with Crippen LogP contribution in [-0.4, -0.2) is 42.4 Å². The molecule has 0 radical (unpaired) electrons. The van der Waals surface area contributed by atoms with Crippen molar-refractivity contribution in [2.45, 2.75) is 19.4 Å². The van der Waals surface area contributed by atoms with E-state index in [1.54, 1.807) is 0 Å². The Hall–Kier alpha value is -1.66. The van der Waals surface area contributed by atoms with Crippen LogP contribution >= 0.6 is 11.6 Å². The number of hydrogen-bond donors (Lipinski definition) is 1. The van der Waals surface area contributed by atoms with Gasteiger partial charge in [-0.15, -0.1) is 0 Å². The predicted octanol–water partition coefficient (Wildman–Crippen LogP) is 2.32. The maximum absolute atomic E-state index is 12.0. The lowest BCUT2D eigenvalue weighted by Crippen LogP contribution is -2.34. The average molecular weight is 300 g/mol. The molecule has 0 saturated carbocycles. The molecule has 110 valence electrons. The molecule has 1 unspecified atom stereocenters. The standard InChI is InChI=1S/C13H18ClN3O3/c1-9(6-7-16(2)3)15-13(18)10-4-5-11(14)12(8-10)17(19)20/h4-5,8-9H,6-7H2,1-3H3,(H,15,18). The minimum absolute atomic E-state index is 0.0142. The fourth-order valence-corrected chi connectivity index (χ4v) is 1.81. The Bertz CT molecular complexity index is 506. The van der Waals surface area contributed by atoms with Gasteiger partial charge >= 0.3 is 0 Å². The molecular formula is C13H18ClN3O3. The number of amides is 1. The Morgan fingerprint density at radius 1 is 1.50 bits per heavy atom. The van der Waals surface area contributed by atoms with Crippen LogP contribution in [0.4, 0.5) is 5.69 Å². The number of nitro groups is 1. The highest BCUT2D eigenvalue weighted by molar-refractivity contribution is 6.32. The maximum Gasteiger partial charge on any atom is 0.288 e. The first-order valence-corrected chi connectivity index (χ1v) is 6.58. The van der Waals surface area contributed by atoms with E-state index in [1.807, 2.05) is 25.9 Å². The Kier molecular flexibility index (Phi) is 5.91. The lowest BCUT2D eigenvalue weighted by molar-refractivity contribution is -0.384. The molecule has 1 aromatic carbocycles. The summed E-state index contributed by atoms with van der Waals surface area (Å²) in [6.07, 6.45) is 0.800. The van der Waals surface area contributed by atoms with Gasteiger partial charge in [-0.1, -0.05) is 11.6 Å². The number of rotatable bonds is 6. The highest BCUT2D eigenvalue weighted by atomic mass is 35.5. The highest BCUT2D eigenvalue weighted by Gasteiger charge is 2.17. The molecule has 0 heterocycles. The van der Waals surface area contributed by atoms with Crippen LogP contribution in [0.25, 0.3) is 0 Å². The highest BCUT2D eigenvalue weighted by Crippen LogP contribution is 2.25. The number of carbonyl (C=O) groups excluding carboxylic acids is 1. The molecule has 0 aromatic heterocycles. The summed E-state index contributed by atoms with van der Waals surface area (Å²) in [6, 6.07) is 4.01. The summed E-state index contributed by atoms with van der Waals surface area (Å²) in [5, 5.41) is 13.6. The molecule has 1 aromatic rings. The van der Waals surface area contributed by atoms with Crippen LogP contribution < -0.4 is 5.32 Å². The van der Waals surface area contributed by atoms with Crippen molar-refractivity contribution < 1.29 is 9.72 Å². The molecule has 1 N–H and O–H groups in total. The Morgan fingerprint density at radius 2 is 2.15 bits per heavy atom. The third kappa shape index (κ3) is 4.79. The molecule has 1 rings (SSSR count). The average Bonchev–Trinajstić information content (AvgIpc) is 2.36. The van der Waals surface area contributed by atoms with Crippen LogP contribution in [0.3, 0.4) is 0 Å². The molecule has 20 heavy (non-hydrogen) atoms. The number of benzene rings is 1. The van der Waals surface area contributed by atoms with Gasteiger partial charge in [0.25, 0.3) is 11.6 Å². The lowest BCUT2D eigenvalue weighted by atomic mass is 10.1. The fourth-order valence-electron chi connectivity index (χ4n) is 1.62. The van der Waals surface area contributed by atoms with Gasteiger partial charge in [-0.2, -0.15) is 0 Å². The molecule has 0 spiro atoms. The molecule has 0 bridgehead atoms. The van der Waals surface area contributed by atoms with Gasteiger partial charge in [0.2, 0.25) is 0 Å². The minimum Gasteiger partial charge on any atom is -0.350 e. The van der Waals surface area contributed by atoms with Gasteiger partial charge in [0.05, 0.1) is 4.92 Å². The summed E-state index contributed by atoms with van der Waals surface area (Å²) in [7, 11) is 3.91. The third-order valence-electron chi connectivity index (χ3n) is 2.79. The van der Waals surface area contributed by atoms with Crippen molar-refractivity contribution in [2.24, 2.45) is 0 Å². The summed E-state index contributed by atoms with van der Waals surface area (Å²) < 4.78 is 0. The van der Waals surface area contributed by atoms with Crippen LogP contribution in [0, 0.1) is 10.1 Å². The zero-order valence-corrected chi connectivity index (χ0v) is 12.5. The van der Waals surface area contributed by atoms with Gasteiger partial charge in [-0.3, -0.25) is 14.9 Å². The zero-order valence-electron chi connectivity index (χ0n) is 11.7. The van der Waals surface area contributed by atoms with Crippen molar-refractivity contribution in [1.82, 2.24) is 10.2 Å². The van der Waals surface area contributed by atoms with Crippen molar-refractivity contribution >= 4 is 23.2 Å². The molecular weight excluding hydrogens is 282 g/mol. The van der Waals surface area contributed by atoms with E-state index in [-0.39, 0.29) is 28.2 Å². The first kappa shape index (κ1) is 16.4. The van der Waals surface area contributed by atoms with E-state index in [9.17, 15) is 14.9 Å². The van der Waals surface area contributed by atoms with Crippen molar-refractivity contribution in [3.8, 4) is 0 Å². The largest absolute Gasteiger partial charge is 0.350 e. The summed E-state index contributed by atoms with van der Waals surface area (Å²) in [4.78, 5) is 24.2. The first-order chi connectivity index (χ1) is 9.31. The van der Waals surface area contributed by atoms with Crippen LogP contribution in [0.1, 0.15) is 23.7 Å². The second-order valence-electron chi connectivity index (χ2n) is 4.89. The van der Waals surface area contributed by atoms with Gasteiger partial charge in [0, 0.05) is 17.7 Å². The molecule has 6 nitrogen and oxygen atoms in total. The zero-order chi connectivity index (χ0) is 15.3. The molecule has 1 atom stereocenters. The molecule has 1 amide bonds. The van der Waals surface area contributed by atoms with Crippen LogP contribution in [0.5, 0.6) is 0 Å². The Labute approximate surface area is 122 Å². The fraction of sp³-hybridized carbons (Fsp3) is 0.462. The summed E-state index contributed by atoms with van der Waals surface area (Å²) in [6.45, 7) is 2.74. The third-order valence-corrected chi connectivity index (χ3v) is 3.11. The van der Waals surface area contributed by atoms with Crippen LogP contribution in [0.2, 0.25) is 5.02 Å². The van der Waals surface area contributed by atoms with Gasteiger partial charge in [-0.25, -0.2) is 0 Å². The SMILES string of the molecule is CC(CCN(C)C)NC(=O)c1ccc(Cl)c([N+](=O)[O-])c1. The first-order valence-electron chi connectivity index (χ1n) is 6.20. The molecule has 0 aliphatic carbocycles. The molecule has 0 fully saturated rings. The van der Waals surface area contributed by atoms with Crippen molar-refractivity contribution in [3.63, 3.8) is 0 Å². The second-order valence-corrected chi connectivity index (χ2v) is 5.30. The topological polar surface area (TPSA) is 75.5 Å². The summed E-state index contributed by atoms with van der Waals surface area (Å²) in [5.74, 6) is -0.337. The van der Waals surface area contributed by atoms with E-state index in [2.05, 4.69) is 5.32 Å². The summed E-state index contributed by atoms with van der Waals surface area (Å²) >= 11 is 5.71. The van der Waals surface area contributed by atoms with E-state index in [4.69, 9.17) is 11.6 Å². The van der Waals surface area contributed by atoms with Crippen molar-refractivity contribution in [1.29, 1.82) is 0 Å². The van der Waals surface area contributed by atoms with Crippen molar-refractivity contribution in [3.05, 3.63) is 38.9 Å². The number of nitrogens with one attached hydrogen (secondary N) is 1. The maximum atomic E-state index is 12.0. The number of carbonyl (C=O) groups is 1. The quantitative estimate of drug-likeness (QED) is 0.646. The predicted molar refractivity (Wildman–Crippen MR) is 78.2 cm³/mol. The Morgan fingerprint density at radius 3 is 2.70 bits per heavy atom. The minimum atomic E-state index is -0.603. The molecule has 7 heteroatoms. The van der Waals surface area contributed by atoms with E-state index < -0.39 is 4.92 Å². The number of nitro benzene ring substituents is 1. The van der Waals surface area contributed by atoms with E-state index >= 15 is 0 Å². The van der Waals surface area contributed by atoms with Crippen LogP contribution in [-0.2, 0) is 0 Å². The van der Waals surface area contributed by atoms with Gasteiger partial charge in [0.15, 0.2) is 0 Å². The smallest absolute Gasteiger partial charge is 0.288 e.